The Morgan fingerprint density at radius 3 is 2.74 bits per heavy atom. The third-order valence-corrected chi connectivity index (χ3v) is 3.80. The first kappa shape index (κ1) is 14.8. The van der Waals surface area contributed by atoms with E-state index < -0.39 is 28.3 Å². The SMILES string of the molecule is Cc1nc2cccc([N+](=O)[O-])c2c(=O)n1[C@@H]1CCC(=O)NC1=O. The first-order chi connectivity index (χ1) is 10.9. The Kier molecular flexibility index (Phi) is 3.40. The van der Waals surface area contributed by atoms with Gasteiger partial charge in [-0.05, 0) is 19.4 Å². The standard InChI is InChI=1S/C14H12N4O5/c1-7-15-8-3-2-4-9(18(22)23)12(8)14(21)17(7)10-5-6-11(19)16-13(10)20/h2-4,10H,5-6H2,1H3,(H,16,19,20)/t10-/m1/s1. The number of nitrogens with one attached hydrogen (secondary N) is 1. The molecule has 1 saturated heterocycles. The van der Waals surface area contributed by atoms with Gasteiger partial charge in [0.2, 0.25) is 11.8 Å². The van der Waals surface area contributed by atoms with Gasteiger partial charge < -0.3 is 0 Å². The molecule has 0 bridgehead atoms. The summed E-state index contributed by atoms with van der Waals surface area (Å²) in [5.74, 6) is -0.750. The molecule has 2 amide bonds. The molecule has 0 saturated carbocycles. The van der Waals surface area contributed by atoms with Crippen molar-refractivity contribution in [2.75, 3.05) is 0 Å². The number of nitro benzene ring substituents is 1. The summed E-state index contributed by atoms with van der Waals surface area (Å²) in [4.78, 5) is 50.7. The molecule has 9 heteroatoms. The Morgan fingerprint density at radius 1 is 1.35 bits per heavy atom. The molecular weight excluding hydrogens is 304 g/mol. The number of rotatable bonds is 2. The predicted molar refractivity (Wildman–Crippen MR) is 78.8 cm³/mol. The van der Waals surface area contributed by atoms with E-state index >= 15 is 0 Å². The quantitative estimate of drug-likeness (QED) is 0.491. The van der Waals surface area contributed by atoms with E-state index in [9.17, 15) is 24.5 Å². The Hall–Kier alpha value is -3.10. The van der Waals surface area contributed by atoms with Gasteiger partial charge >= 0.3 is 0 Å². The third-order valence-electron chi connectivity index (χ3n) is 3.80. The minimum Gasteiger partial charge on any atom is -0.295 e. The highest BCUT2D eigenvalue weighted by Crippen LogP contribution is 2.24. The smallest absolute Gasteiger partial charge is 0.284 e. The molecule has 1 aliphatic rings. The van der Waals surface area contributed by atoms with Crippen LogP contribution in [0.15, 0.2) is 23.0 Å². The number of piperidine rings is 1. The van der Waals surface area contributed by atoms with Crippen molar-refractivity contribution in [2.45, 2.75) is 25.8 Å². The summed E-state index contributed by atoms with van der Waals surface area (Å²) in [5, 5.41) is 13.2. The van der Waals surface area contributed by atoms with Crippen LogP contribution in [0.4, 0.5) is 5.69 Å². The van der Waals surface area contributed by atoms with E-state index in [2.05, 4.69) is 10.3 Å². The molecule has 9 nitrogen and oxygen atoms in total. The summed E-state index contributed by atoms with van der Waals surface area (Å²) in [6, 6.07) is 3.26. The number of imide groups is 1. The Balaban J connectivity index is 2.28. The highest BCUT2D eigenvalue weighted by atomic mass is 16.6. The maximum atomic E-state index is 12.8. The number of hydrogen-bond donors (Lipinski definition) is 1. The largest absolute Gasteiger partial charge is 0.295 e. The molecule has 1 atom stereocenters. The van der Waals surface area contributed by atoms with Crippen molar-refractivity contribution in [3.05, 3.63) is 44.5 Å². The van der Waals surface area contributed by atoms with Crippen LogP contribution in [-0.2, 0) is 9.59 Å². The molecule has 118 valence electrons. The van der Waals surface area contributed by atoms with Crippen LogP contribution in [0.3, 0.4) is 0 Å². The lowest BCUT2D eigenvalue weighted by Crippen LogP contribution is -2.45. The zero-order valence-corrected chi connectivity index (χ0v) is 12.1. The van der Waals surface area contributed by atoms with E-state index in [0.717, 1.165) is 4.57 Å². The van der Waals surface area contributed by atoms with Crippen molar-refractivity contribution in [3.63, 3.8) is 0 Å². The molecule has 1 N–H and O–H groups in total. The monoisotopic (exact) mass is 316 g/mol. The van der Waals surface area contributed by atoms with Gasteiger partial charge in [0.05, 0.1) is 10.4 Å². The average molecular weight is 316 g/mol. The first-order valence-corrected chi connectivity index (χ1v) is 6.90. The maximum absolute atomic E-state index is 12.8. The van der Waals surface area contributed by atoms with Crippen molar-refractivity contribution < 1.29 is 14.5 Å². The van der Waals surface area contributed by atoms with Gasteiger partial charge in [0.25, 0.3) is 11.2 Å². The molecule has 2 heterocycles. The van der Waals surface area contributed by atoms with Gasteiger partial charge in [0, 0.05) is 12.5 Å². The molecule has 0 radical (unpaired) electrons. The van der Waals surface area contributed by atoms with Crippen molar-refractivity contribution in [1.29, 1.82) is 0 Å². The van der Waals surface area contributed by atoms with E-state index in [1.54, 1.807) is 6.92 Å². The second kappa shape index (κ2) is 5.27. The number of fused-ring (bicyclic) bond motifs is 1. The number of nitro groups is 1. The van der Waals surface area contributed by atoms with Crippen LogP contribution < -0.4 is 10.9 Å². The summed E-state index contributed by atoms with van der Waals surface area (Å²) in [6.45, 7) is 1.55. The van der Waals surface area contributed by atoms with Gasteiger partial charge in [-0.15, -0.1) is 0 Å². The second-order valence-electron chi connectivity index (χ2n) is 5.23. The van der Waals surface area contributed by atoms with Gasteiger partial charge in [-0.25, -0.2) is 4.98 Å². The molecule has 2 aromatic rings. The van der Waals surface area contributed by atoms with Crippen LogP contribution >= 0.6 is 0 Å². The van der Waals surface area contributed by atoms with Crippen LogP contribution in [0.5, 0.6) is 0 Å². The number of carbonyl (C=O) groups is 2. The second-order valence-corrected chi connectivity index (χ2v) is 5.23. The summed E-state index contributed by atoms with van der Waals surface area (Å²) in [6.07, 6.45) is 0.246. The third kappa shape index (κ3) is 2.35. The summed E-state index contributed by atoms with van der Waals surface area (Å²) < 4.78 is 1.12. The normalized spacial score (nSPS) is 18.0. The van der Waals surface area contributed by atoms with Crippen LogP contribution in [0.2, 0.25) is 0 Å². The number of aryl methyl sites for hydroxylation is 1. The molecule has 1 aromatic heterocycles. The van der Waals surface area contributed by atoms with Gasteiger partial charge in [0.1, 0.15) is 17.3 Å². The maximum Gasteiger partial charge on any atom is 0.284 e. The van der Waals surface area contributed by atoms with Gasteiger partial charge in [0.15, 0.2) is 0 Å². The van der Waals surface area contributed by atoms with Gasteiger partial charge in [-0.2, -0.15) is 0 Å². The molecular formula is C14H12N4O5. The van der Waals surface area contributed by atoms with E-state index in [4.69, 9.17) is 0 Å². The van der Waals surface area contributed by atoms with Crippen molar-refractivity contribution >= 4 is 28.4 Å². The molecule has 1 fully saturated rings. The average Bonchev–Trinajstić information content (AvgIpc) is 2.48. The topological polar surface area (TPSA) is 124 Å². The lowest BCUT2D eigenvalue weighted by molar-refractivity contribution is -0.383. The summed E-state index contributed by atoms with van der Waals surface area (Å²) in [5.41, 5.74) is -0.819. The summed E-state index contributed by atoms with van der Waals surface area (Å²) in [7, 11) is 0. The molecule has 23 heavy (non-hydrogen) atoms. The summed E-state index contributed by atoms with van der Waals surface area (Å²) >= 11 is 0. The molecule has 0 unspecified atom stereocenters. The van der Waals surface area contributed by atoms with Crippen LogP contribution in [0, 0.1) is 17.0 Å². The van der Waals surface area contributed by atoms with E-state index in [1.165, 1.54) is 18.2 Å². The number of non-ortho nitro benzene ring substituents is 1. The number of nitrogens with zero attached hydrogens (tertiary/aromatic N) is 3. The highest BCUT2D eigenvalue weighted by molar-refractivity contribution is 5.99. The van der Waals surface area contributed by atoms with Crippen molar-refractivity contribution in [2.24, 2.45) is 0 Å². The molecule has 0 spiro atoms. The number of amides is 2. The fourth-order valence-corrected chi connectivity index (χ4v) is 2.78. The first-order valence-electron chi connectivity index (χ1n) is 6.90. The minimum atomic E-state index is -0.906. The van der Waals surface area contributed by atoms with E-state index in [1.807, 2.05) is 0 Å². The van der Waals surface area contributed by atoms with Crippen LogP contribution in [0.25, 0.3) is 10.9 Å². The van der Waals surface area contributed by atoms with Crippen LogP contribution in [0.1, 0.15) is 24.7 Å². The number of hydrogen-bond acceptors (Lipinski definition) is 6. The number of benzene rings is 1. The van der Waals surface area contributed by atoms with Crippen molar-refractivity contribution in [3.8, 4) is 0 Å². The number of carbonyl (C=O) groups excluding carboxylic acids is 2. The van der Waals surface area contributed by atoms with Crippen LogP contribution in [-0.4, -0.2) is 26.3 Å². The minimum absolute atomic E-state index is 0.0945. The molecule has 3 rings (SSSR count). The Labute approximate surface area is 129 Å². The lowest BCUT2D eigenvalue weighted by Gasteiger charge is -2.24. The van der Waals surface area contributed by atoms with Gasteiger partial charge in [-0.1, -0.05) is 6.07 Å². The number of aromatic nitrogens is 2. The zero-order chi connectivity index (χ0) is 16.7. The fourth-order valence-electron chi connectivity index (χ4n) is 2.78. The Bertz CT molecular complexity index is 917. The van der Waals surface area contributed by atoms with E-state index in [0.29, 0.717) is 0 Å². The molecule has 1 aromatic carbocycles. The molecule has 0 aliphatic carbocycles. The zero-order valence-electron chi connectivity index (χ0n) is 12.1. The lowest BCUT2D eigenvalue weighted by atomic mass is 10.1. The van der Waals surface area contributed by atoms with E-state index in [-0.39, 0.29) is 35.3 Å². The van der Waals surface area contributed by atoms with Gasteiger partial charge in [-0.3, -0.25) is 34.4 Å². The predicted octanol–water partition coefficient (Wildman–Crippen LogP) is 0.591. The highest BCUT2D eigenvalue weighted by Gasteiger charge is 2.31. The fraction of sp³-hybridized carbons (Fsp3) is 0.286. The van der Waals surface area contributed by atoms with Crippen molar-refractivity contribution in [1.82, 2.24) is 14.9 Å². The molecule has 1 aliphatic heterocycles. The Morgan fingerprint density at radius 2 is 2.09 bits per heavy atom.